The van der Waals surface area contributed by atoms with E-state index in [1.807, 2.05) is 0 Å². The summed E-state index contributed by atoms with van der Waals surface area (Å²) in [6.45, 7) is 3.28. The van der Waals surface area contributed by atoms with Crippen LogP contribution in [0.5, 0.6) is 0 Å². The number of hydrogen-bond donors (Lipinski definition) is 1. The molecule has 2 N–H and O–H groups in total. The van der Waals surface area contributed by atoms with E-state index in [9.17, 15) is 9.59 Å². The van der Waals surface area contributed by atoms with E-state index in [-0.39, 0.29) is 23.5 Å². The van der Waals surface area contributed by atoms with Gasteiger partial charge in [0.05, 0.1) is 5.69 Å². The van der Waals surface area contributed by atoms with Crippen LogP contribution in [0.25, 0.3) is 0 Å². The molecule has 0 unspecified atom stereocenters. The number of anilines is 1. The Labute approximate surface area is 75.4 Å². The summed E-state index contributed by atoms with van der Waals surface area (Å²) in [5.74, 6) is 0.126. The number of rotatable bonds is 2. The Morgan fingerprint density at radius 2 is 2.23 bits per heavy atom. The van der Waals surface area contributed by atoms with Crippen LogP contribution in [-0.2, 0) is 0 Å². The molecule has 1 heterocycles. The van der Waals surface area contributed by atoms with E-state index in [0.29, 0.717) is 5.76 Å². The van der Waals surface area contributed by atoms with Gasteiger partial charge in [0.1, 0.15) is 11.3 Å². The number of ketones is 1. The summed E-state index contributed by atoms with van der Waals surface area (Å²) in [6.07, 6.45) is 0.248. The number of Topliss-reactive ketones (excluding diaryl/α,β-unsaturated/α-hetero) is 1. The molecule has 4 nitrogen and oxygen atoms in total. The Bertz CT molecular complexity index is 392. The first-order chi connectivity index (χ1) is 6.06. The van der Waals surface area contributed by atoms with E-state index in [1.165, 1.54) is 6.07 Å². The Hall–Kier alpha value is -1.58. The van der Waals surface area contributed by atoms with Crippen LogP contribution in [0.15, 0.2) is 15.3 Å². The van der Waals surface area contributed by atoms with Gasteiger partial charge < -0.3 is 10.2 Å². The molecule has 0 saturated carbocycles. The number of nitrogen functional groups attached to an aromatic ring is 1. The smallest absolute Gasteiger partial charge is 0.348 e. The summed E-state index contributed by atoms with van der Waals surface area (Å²) < 4.78 is 4.76. The molecule has 4 heteroatoms. The average Bonchev–Trinajstić information content (AvgIpc) is 2.02. The highest BCUT2D eigenvalue weighted by atomic mass is 16.4. The first kappa shape index (κ1) is 9.51. The van der Waals surface area contributed by atoms with Crippen molar-refractivity contribution in [2.45, 2.75) is 20.3 Å². The zero-order valence-corrected chi connectivity index (χ0v) is 7.59. The standard InChI is InChI=1S/C9H11NO3/c1-3-7(11)8-6(10)4-5(2)13-9(8)12/h4H,3,10H2,1-2H3. The van der Waals surface area contributed by atoms with E-state index in [2.05, 4.69) is 0 Å². The number of carbonyl (C=O) groups is 1. The van der Waals surface area contributed by atoms with Crippen molar-refractivity contribution in [3.8, 4) is 0 Å². The third kappa shape index (κ3) is 1.77. The number of aryl methyl sites for hydroxylation is 1. The molecule has 0 fully saturated rings. The molecule has 0 radical (unpaired) electrons. The summed E-state index contributed by atoms with van der Waals surface area (Å²) in [5, 5.41) is 0. The van der Waals surface area contributed by atoms with Crippen molar-refractivity contribution < 1.29 is 9.21 Å². The van der Waals surface area contributed by atoms with Crippen LogP contribution in [0.1, 0.15) is 29.5 Å². The lowest BCUT2D eigenvalue weighted by Crippen LogP contribution is -2.16. The van der Waals surface area contributed by atoms with Gasteiger partial charge in [0, 0.05) is 12.5 Å². The molecule has 0 bridgehead atoms. The van der Waals surface area contributed by atoms with Crippen molar-refractivity contribution in [2.24, 2.45) is 0 Å². The van der Waals surface area contributed by atoms with Gasteiger partial charge >= 0.3 is 5.63 Å². The summed E-state index contributed by atoms with van der Waals surface area (Å²) in [6, 6.07) is 1.48. The maximum absolute atomic E-state index is 11.2. The Morgan fingerprint density at radius 3 is 2.69 bits per heavy atom. The predicted molar refractivity (Wildman–Crippen MR) is 48.7 cm³/mol. The average molecular weight is 181 g/mol. The fourth-order valence-electron chi connectivity index (χ4n) is 1.09. The molecule has 13 heavy (non-hydrogen) atoms. The summed E-state index contributed by atoms with van der Waals surface area (Å²) in [7, 11) is 0. The highest BCUT2D eigenvalue weighted by Crippen LogP contribution is 2.10. The van der Waals surface area contributed by atoms with Gasteiger partial charge in [-0.1, -0.05) is 6.92 Å². The zero-order valence-electron chi connectivity index (χ0n) is 7.59. The molecular weight excluding hydrogens is 170 g/mol. The second kappa shape index (κ2) is 3.43. The maximum Gasteiger partial charge on any atom is 0.348 e. The van der Waals surface area contributed by atoms with Gasteiger partial charge in [-0.2, -0.15) is 0 Å². The van der Waals surface area contributed by atoms with Gasteiger partial charge in [-0.3, -0.25) is 4.79 Å². The third-order valence-electron chi connectivity index (χ3n) is 1.71. The van der Waals surface area contributed by atoms with Crippen molar-refractivity contribution in [2.75, 3.05) is 5.73 Å². The van der Waals surface area contributed by atoms with E-state index in [0.717, 1.165) is 0 Å². The van der Waals surface area contributed by atoms with Gasteiger partial charge in [-0.25, -0.2) is 4.79 Å². The molecule has 0 aliphatic carbocycles. The van der Waals surface area contributed by atoms with Crippen molar-refractivity contribution in [3.05, 3.63) is 27.8 Å². The molecular formula is C9H11NO3. The van der Waals surface area contributed by atoms with Gasteiger partial charge in [-0.05, 0) is 6.92 Å². The van der Waals surface area contributed by atoms with Crippen molar-refractivity contribution in [1.29, 1.82) is 0 Å². The van der Waals surface area contributed by atoms with Crippen LogP contribution >= 0.6 is 0 Å². The third-order valence-corrected chi connectivity index (χ3v) is 1.71. The van der Waals surface area contributed by atoms with E-state index < -0.39 is 5.63 Å². The van der Waals surface area contributed by atoms with Crippen LogP contribution < -0.4 is 11.4 Å². The van der Waals surface area contributed by atoms with E-state index in [4.69, 9.17) is 10.2 Å². The SMILES string of the molecule is CCC(=O)c1c(N)cc(C)oc1=O. The van der Waals surface area contributed by atoms with Crippen LogP contribution in [0.3, 0.4) is 0 Å². The summed E-state index contributed by atoms with van der Waals surface area (Å²) >= 11 is 0. The predicted octanol–water partition coefficient (Wildman–Crippen LogP) is 1.12. The Balaban J connectivity index is 3.38. The van der Waals surface area contributed by atoms with Gasteiger partial charge in [0.2, 0.25) is 0 Å². The van der Waals surface area contributed by atoms with Gasteiger partial charge in [-0.15, -0.1) is 0 Å². The second-order valence-electron chi connectivity index (χ2n) is 2.75. The molecule has 70 valence electrons. The molecule has 0 amide bonds. The van der Waals surface area contributed by atoms with Crippen LogP contribution in [-0.4, -0.2) is 5.78 Å². The Kier molecular flexibility index (Phi) is 2.51. The molecule has 0 aliphatic rings. The summed E-state index contributed by atoms with van der Waals surface area (Å²) in [4.78, 5) is 22.4. The highest BCUT2D eigenvalue weighted by molar-refractivity contribution is 5.99. The fourth-order valence-corrected chi connectivity index (χ4v) is 1.09. The van der Waals surface area contributed by atoms with Gasteiger partial charge in [0.15, 0.2) is 5.78 Å². The first-order valence-corrected chi connectivity index (χ1v) is 3.99. The minimum atomic E-state index is -0.649. The topological polar surface area (TPSA) is 73.3 Å². The van der Waals surface area contributed by atoms with Gasteiger partial charge in [0.25, 0.3) is 0 Å². The number of nitrogens with two attached hydrogens (primary N) is 1. The zero-order chi connectivity index (χ0) is 10.0. The molecule has 1 rings (SSSR count). The lowest BCUT2D eigenvalue weighted by molar-refractivity contribution is 0.0985. The molecule has 0 aromatic carbocycles. The molecule has 0 saturated heterocycles. The molecule has 0 aliphatic heterocycles. The molecule has 0 atom stereocenters. The minimum absolute atomic E-state index is 0.0342. The lowest BCUT2D eigenvalue weighted by atomic mass is 10.1. The minimum Gasteiger partial charge on any atom is -0.428 e. The first-order valence-electron chi connectivity index (χ1n) is 3.99. The molecule has 0 spiro atoms. The van der Waals surface area contributed by atoms with Crippen LogP contribution in [0.4, 0.5) is 5.69 Å². The van der Waals surface area contributed by atoms with E-state index >= 15 is 0 Å². The quantitative estimate of drug-likeness (QED) is 0.694. The van der Waals surface area contributed by atoms with Crippen LogP contribution in [0, 0.1) is 6.92 Å². The highest BCUT2D eigenvalue weighted by Gasteiger charge is 2.14. The normalized spacial score (nSPS) is 10.0. The monoisotopic (exact) mass is 181 g/mol. The molecule has 1 aromatic heterocycles. The molecule has 1 aromatic rings. The summed E-state index contributed by atoms with van der Waals surface area (Å²) in [5.41, 5.74) is 5.03. The largest absolute Gasteiger partial charge is 0.428 e. The lowest BCUT2D eigenvalue weighted by Gasteiger charge is -2.01. The van der Waals surface area contributed by atoms with Crippen LogP contribution in [0.2, 0.25) is 0 Å². The number of carbonyl (C=O) groups excluding carboxylic acids is 1. The number of hydrogen-bond acceptors (Lipinski definition) is 4. The second-order valence-corrected chi connectivity index (χ2v) is 2.75. The van der Waals surface area contributed by atoms with Crippen molar-refractivity contribution >= 4 is 11.5 Å². The van der Waals surface area contributed by atoms with E-state index in [1.54, 1.807) is 13.8 Å². The van der Waals surface area contributed by atoms with Crippen molar-refractivity contribution in [1.82, 2.24) is 0 Å². The van der Waals surface area contributed by atoms with Crippen molar-refractivity contribution in [3.63, 3.8) is 0 Å². The fraction of sp³-hybridized carbons (Fsp3) is 0.333. The Morgan fingerprint density at radius 1 is 1.62 bits per heavy atom. The maximum atomic E-state index is 11.2.